The molecular formula is C10H18ClNOS. The molecule has 2 atom stereocenters. The van der Waals surface area contributed by atoms with Gasteiger partial charge in [0.05, 0.1) is 10.6 Å². The lowest BCUT2D eigenvalue weighted by atomic mass is 10.2. The van der Waals surface area contributed by atoms with E-state index in [0.717, 1.165) is 25.0 Å². The van der Waals surface area contributed by atoms with Crippen molar-refractivity contribution < 1.29 is 4.79 Å². The molecule has 1 heterocycles. The van der Waals surface area contributed by atoms with E-state index in [2.05, 4.69) is 12.2 Å². The highest BCUT2D eigenvalue weighted by Gasteiger charge is 2.23. The molecule has 2 unspecified atom stereocenters. The van der Waals surface area contributed by atoms with Gasteiger partial charge in [-0.1, -0.05) is 13.3 Å². The zero-order chi connectivity index (χ0) is 10.4. The molecule has 1 saturated heterocycles. The lowest BCUT2D eigenvalue weighted by Crippen LogP contribution is -2.35. The van der Waals surface area contributed by atoms with E-state index < -0.39 is 0 Å². The minimum absolute atomic E-state index is 0.0929. The molecule has 1 aliphatic rings. The largest absolute Gasteiger partial charge is 0.354 e. The number of hydrogen-bond donors (Lipinski definition) is 1. The van der Waals surface area contributed by atoms with E-state index in [4.69, 9.17) is 11.6 Å². The number of alkyl halides is 1. The van der Waals surface area contributed by atoms with E-state index in [0.29, 0.717) is 6.54 Å². The summed E-state index contributed by atoms with van der Waals surface area (Å²) in [6.07, 6.45) is 4.24. The summed E-state index contributed by atoms with van der Waals surface area (Å²) in [5, 5.41) is 3.19. The van der Waals surface area contributed by atoms with Crippen LogP contribution in [0.15, 0.2) is 0 Å². The van der Waals surface area contributed by atoms with Gasteiger partial charge in [0.15, 0.2) is 0 Å². The Morgan fingerprint density at radius 3 is 3.07 bits per heavy atom. The molecule has 0 radical (unpaired) electrons. The quantitative estimate of drug-likeness (QED) is 0.742. The molecule has 0 aromatic carbocycles. The van der Waals surface area contributed by atoms with Crippen molar-refractivity contribution in [3.8, 4) is 0 Å². The number of thioether (sulfide) groups is 1. The third kappa shape index (κ3) is 4.09. The molecule has 4 heteroatoms. The van der Waals surface area contributed by atoms with Crippen molar-refractivity contribution in [1.82, 2.24) is 5.32 Å². The first-order valence-electron chi connectivity index (χ1n) is 5.27. The molecule has 0 aromatic heterocycles. The van der Waals surface area contributed by atoms with Crippen molar-refractivity contribution in [3.63, 3.8) is 0 Å². The number of hydrogen-bond acceptors (Lipinski definition) is 2. The Balaban J connectivity index is 2.13. The maximum atomic E-state index is 11.6. The SMILES string of the molecule is CCCC(Cl)CNC(=O)C1CCCS1. The Morgan fingerprint density at radius 1 is 1.71 bits per heavy atom. The van der Waals surface area contributed by atoms with Crippen molar-refractivity contribution in [3.05, 3.63) is 0 Å². The van der Waals surface area contributed by atoms with Gasteiger partial charge in [0.25, 0.3) is 0 Å². The zero-order valence-electron chi connectivity index (χ0n) is 8.59. The highest BCUT2D eigenvalue weighted by Crippen LogP contribution is 2.25. The highest BCUT2D eigenvalue weighted by molar-refractivity contribution is 8.00. The summed E-state index contributed by atoms with van der Waals surface area (Å²) in [5.74, 6) is 1.30. The standard InChI is InChI=1S/C10H18ClNOS/c1-2-4-8(11)7-12-10(13)9-5-3-6-14-9/h8-9H,2-7H2,1H3,(H,12,13). The van der Waals surface area contributed by atoms with E-state index in [9.17, 15) is 4.79 Å². The maximum absolute atomic E-state index is 11.6. The predicted octanol–water partition coefficient (Wildman–Crippen LogP) is 2.41. The molecular weight excluding hydrogens is 218 g/mol. The van der Waals surface area contributed by atoms with E-state index in [1.165, 1.54) is 6.42 Å². The summed E-state index contributed by atoms with van der Waals surface area (Å²) in [6.45, 7) is 2.72. The molecule has 1 fully saturated rings. The molecule has 1 amide bonds. The Morgan fingerprint density at radius 2 is 2.50 bits per heavy atom. The molecule has 14 heavy (non-hydrogen) atoms. The van der Waals surface area contributed by atoms with Crippen LogP contribution in [-0.2, 0) is 4.79 Å². The summed E-state index contributed by atoms with van der Waals surface area (Å²) in [6, 6.07) is 0. The normalized spacial score (nSPS) is 23.4. The number of carbonyl (C=O) groups excluding carboxylic acids is 1. The lowest BCUT2D eigenvalue weighted by Gasteiger charge is -2.12. The van der Waals surface area contributed by atoms with Crippen LogP contribution in [0.2, 0.25) is 0 Å². The minimum atomic E-state index is 0.0929. The number of carbonyl (C=O) groups is 1. The van der Waals surface area contributed by atoms with Crippen LogP contribution in [0.3, 0.4) is 0 Å². The Kier molecular flexibility index (Phi) is 5.71. The fourth-order valence-electron chi connectivity index (χ4n) is 1.52. The molecule has 0 bridgehead atoms. The van der Waals surface area contributed by atoms with Crippen LogP contribution in [0.4, 0.5) is 0 Å². The molecule has 1 aliphatic heterocycles. The maximum Gasteiger partial charge on any atom is 0.233 e. The van der Waals surface area contributed by atoms with Crippen LogP contribution >= 0.6 is 23.4 Å². The first-order valence-corrected chi connectivity index (χ1v) is 6.76. The lowest BCUT2D eigenvalue weighted by molar-refractivity contribution is -0.120. The van der Waals surface area contributed by atoms with Crippen molar-refractivity contribution in [1.29, 1.82) is 0 Å². The van der Waals surface area contributed by atoms with Crippen molar-refractivity contribution in [2.24, 2.45) is 0 Å². The molecule has 1 rings (SSSR count). The molecule has 0 aromatic rings. The second kappa shape index (κ2) is 6.57. The first kappa shape index (κ1) is 12.2. The average Bonchev–Trinajstić information content (AvgIpc) is 2.67. The average molecular weight is 236 g/mol. The van der Waals surface area contributed by atoms with Gasteiger partial charge < -0.3 is 5.32 Å². The molecule has 2 nitrogen and oxygen atoms in total. The van der Waals surface area contributed by atoms with Gasteiger partial charge in [0, 0.05) is 6.54 Å². The van der Waals surface area contributed by atoms with E-state index in [-0.39, 0.29) is 16.5 Å². The smallest absolute Gasteiger partial charge is 0.233 e. The topological polar surface area (TPSA) is 29.1 Å². The second-order valence-corrected chi connectivity index (χ2v) is 5.56. The predicted molar refractivity (Wildman–Crippen MR) is 63.0 cm³/mol. The van der Waals surface area contributed by atoms with Crippen LogP contribution in [0.25, 0.3) is 0 Å². The molecule has 0 saturated carbocycles. The summed E-state index contributed by atoms with van der Waals surface area (Å²) in [5.41, 5.74) is 0. The summed E-state index contributed by atoms with van der Waals surface area (Å²) >= 11 is 7.77. The zero-order valence-corrected chi connectivity index (χ0v) is 10.2. The highest BCUT2D eigenvalue weighted by atomic mass is 35.5. The van der Waals surface area contributed by atoms with Gasteiger partial charge in [-0.25, -0.2) is 0 Å². The second-order valence-electron chi connectivity index (χ2n) is 3.63. The van der Waals surface area contributed by atoms with Gasteiger partial charge in [-0.15, -0.1) is 23.4 Å². The van der Waals surface area contributed by atoms with E-state index >= 15 is 0 Å². The fraction of sp³-hybridized carbons (Fsp3) is 0.900. The van der Waals surface area contributed by atoms with Crippen LogP contribution in [0.5, 0.6) is 0 Å². The Hall–Kier alpha value is 0.110. The minimum Gasteiger partial charge on any atom is -0.354 e. The van der Waals surface area contributed by atoms with Gasteiger partial charge in [0.2, 0.25) is 5.91 Å². The van der Waals surface area contributed by atoms with Gasteiger partial charge in [-0.05, 0) is 25.0 Å². The number of nitrogens with one attached hydrogen (secondary N) is 1. The molecule has 0 spiro atoms. The van der Waals surface area contributed by atoms with Crippen LogP contribution in [-0.4, -0.2) is 28.8 Å². The molecule has 82 valence electrons. The van der Waals surface area contributed by atoms with Gasteiger partial charge >= 0.3 is 0 Å². The number of rotatable bonds is 5. The van der Waals surface area contributed by atoms with Crippen molar-refractivity contribution in [2.45, 2.75) is 43.2 Å². The monoisotopic (exact) mass is 235 g/mol. The van der Waals surface area contributed by atoms with Crippen LogP contribution in [0.1, 0.15) is 32.6 Å². The first-order chi connectivity index (χ1) is 6.74. The van der Waals surface area contributed by atoms with E-state index in [1.807, 2.05) is 0 Å². The summed E-state index contributed by atoms with van der Waals surface area (Å²) < 4.78 is 0. The number of halogens is 1. The number of amides is 1. The van der Waals surface area contributed by atoms with Gasteiger partial charge in [0.1, 0.15) is 0 Å². The third-order valence-corrected chi connectivity index (χ3v) is 4.07. The van der Waals surface area contributed by atoms with E-state index in [1.54, 1.807) is 11.8 Å². The Labute approximate surface area is 95.2 Å². The molecule has 1 N–H and O–H groups in total. The van der Waals surface area contributed by atoms with Crippen molar-refractivity contribution in [2.75, 3.05) is 12.3 Å². The Bertz CT molecular complexity index is 183. The third-order valence-electron chi connectivity index (χ3n) is 2.32. The van der Waals surface area contributed by atoms with Crippen molar-refractivity contribution >= 4 is 29.3 Å². The molecule has 0 aliphatic carbocycles. The van der Waals surface area contributed by atoms with Crippen LogP contribution in [0, 0.1) is 0 Å². The summed E-state index contributed by atoms with van der Waals surface area (Å²) in [4.78, 5) is 11.6. The van der Waals surface area contributed by atoms with Crippen LogP contribution < -0.4 is 5.32 Å². The van der Waals surface area contributed by atoms with Gasteiger partial charge in [-0.3, -0.25) is 4.79 Å². The summed E-state index contributed by atoms with van der Waals surface area (Å²) in [7, 11) is 0. The van der Waals surface area contributed by atoms with Gasteiger partial charge in [-0.2, -0.15) is 0 Å². The fourth-order valence-corrected chi connectivity index (χ4v) is 3.01.